The first-order valence-corrected chi connectivity index (χ1v) is 6.15. The molecule has 0 fully saturated rings. The van der Waals surface area contributed by atoms with E-state index in [-0.39, 0.29) is 17.2 Å². The van der Waals surface area contributed by atoms with Crippen LogP contribution in [0.1, 0.15) is 41.0 Å². The highest BCUT2D eigenvalue weighted by molar-refractivity contribution is 7.80. The summed E-state index contributed by atoms with van der Waals surface area (Å²) in [4.78, 5) is 14.3. The van der Waals surface area contributed by atoms with Crippen LogP contribution in [0.4, 0.5) is 0 Å². The predicted octanol–water partition coefficient (Wildman–Crippen LogP) is 2.19. The number of carbonyl (C=O) groups excluding carboxylic acids is 1. The monoisotopic (exact) mass is 244 g/mol. The molecule has 1 unspecified atom stereocenters. The lowest BCUT2D eigenvalue weighted by Gasteiger charge is -2.27. The van der Waals surface area contributed by atoms with Crippen LogP contribution in [0.2, 0.25) is 0 Å². The molecular weight excluding hydrogens is 220 g/mol. The molecule has 16 heavy (non-hydrogen) atoms. The first-order chi connectivity index (χ1) is 7.17. The minimum absolute atomic E-state index is 0.0248. The third kappa shape index (κ3) is 6.05. The third-order valence-corrected chi connectivity index (χ3v) is 2.80. The van der Waals surface area contributed by atoms with Crippen LogP contribution in [0.3, 0.4) is 0 Å². The van der Waals surface area contributed by atoms with Crippen LogP contribution in [0.15, 0.2) is 0 Å². The molecule has 0 bridgehead atoms. The van der Waals surface area contributed by atoms with E-state index in [0.717, 1.165) is 0 Å². The Morgan fingerprint density at radius 2 is 1.94 bits per heavy atom. The number of nitrogens with zero attached hydrogens (tertiary/aromatic N) is 1. The van der Waals surface area contributed by atoms with Crippen molar-refractivity contribution in [3.63, 3.8) is 0 Å². The quantitative estimate of drug-likeness (QED) is 0.754. The van der Waals surface area contributed by atoms with Gasteiger partial charge in [0.15, 0.2) is 0 Å². The van der Waals surface area contributed by atoms with Gasteiger partial charge < -0.3 is 10.6 Å². The Balaban J connectivity index is 4.39. The molecule has 4 heteroatoms. The molecule has 0 aliphatic carbocycles. The molecule has 0 aliphatic heterocycles. The fourth-order valence-corrected chi connectivity index (χ4v) is 1.47. The zero-order valence-corrected chi connectivity index (χ0v) is 11.9. The first-order valence-electron chi connectivity index (χ1n) is 5.74. The summed E-state index contributed by atoms with van der Waals surface area (Å²) >= 11 is 4.92. The number of hydrogen-bond acceptors (Lipinski definition) is 2. The number of amides is 1. The summed E-state index contributed by atoms with van der Waals surface area (Å²) in [7, 11) is 0. The molecule has 0 radical (unpaired) electrons. The minimum Gasteiger partial charge on any atom is -0.393 e. The molecule has 1 amide bonds. The standard InChI is InChI=1S/C12H24N2OS/c1-6-14(8-9(2)11(13)16)10(15)7-12(3,4)5/h9H,6-8H2,1-5H3,(H2,13,16). The Labute approximate surface area is 104 Å². The van der Waals surface area contributed by atoms with Gasteiger partial charge in [-0.3, -0.25) is 4.79 Å². The fraction of sp³-hybridized carbons (Fsp3) is 0.833. The maximum atomic E-state index is 12.0. The SMILES string of the molecule is CCN(CC(C)C(N)=S)C(=O)CC(C)(C)C. The van der Waals surface area contributed by atoms with E-state index in [1.807, 2.05) is 18.7 Å². The normalized spacial score (nSPS) is 13.3. The largest absolute Gasteiger partial charge is 0.393 e. The number of thiocarbonyl (C=S) groups is 1. The average molecular weight is 244 g/mol. The van der Waals surface area contributed by atoms with Gasteiger partial charge in [-0.25, -0.2) is 0 Å². The van der Waals surface area contributed by atoms with Gasteiger partial charge >= 0.3 is 0 Å². The highest BCUT2D eigenvalue weighted by Crippen LogP contribution is 2.20. The molecule has 94 valence electrons. The molecule has 0 aromatic rings. The molecule has 0 spiro atoms. The van der Waals surface area contributed by atoms with Crippen molar-refractivity contribution in [2.75, 3.05) is 13.1 Å². The zero-order chi connectivity index (χ0) is 12.9. The number of hydrogen-bond donors (Lipinski definition) is 1. The van der Waals surface area contributed by atoms with Crippen LogP contribution in [-0.2, 0) is 4.79 Å². The van der Waals surface area contributed by atoms with E-state index < -0.39 is 0 Å². The van der Waals surface area contributed by atoms with Gasteiger partial charge in [-0.05, 0) is 12.3 Å². The smallest absolute Gasteiger partial charge is 0.223 e. The van der Waals surface area contributed by atoms with Gasteiger partial charge in [-0.2, -0.15) is 0 Å². The van der Waals surface area contributed by atoms with E-state index in [2.05, 4.69) is 20.8 Å². The topological polar surface area (TPSA) is 46.3 Å². The van der Waals surface area contributed by atoms with E-state index in [4.69, 9.17) is 18.0 Å². The highest BCUT2D eigenvalue weighted by atomic mass is 32.1. The Kier molecular flexibility index (Phi) is 5.94. The molecule has 0 aromatic carbocycles. The summed E-state index contributed by atoms with van der Waals surface area (Å²) < 4.78 is 0. The molecule has 0 heterocycles. The number of nitrogens with two attached hydrogens (primary N) is 1. The van der Waals surface area contributed by atoms with Crippen molar-refractivity contribution in [3.05, 3.63) is 0 Å². The summed E-state index contributed by atoms with van der Waals surface area (Å²) in [6, 6.07) is 0. The van der Waals surface area contributed by atoms with Crippen molar-refractivity contribution >= 4 is 23.1 Å². The molecule has 1 atom stereocenters. The molecule has 0 rings (SSSR count). The van der Waals surface area contributed by atoms with Crippen LogP contribution >= 0.6 is 12.2 Å². The Bertz CT molecular complexity index is 258. The molecule has 0 aromatic heterocycles. The van der Waals surface area contributed by atoms with Crippen LogP contribution in [-0.4, -0.2) is 28.9 Å². The average Bonchev–Trinajstić information content (AvgIpc) is 2.10. The van der Waals surface area contributed by atoms with Crippen molar-refractivity contribution < 1.29 is 4.79 Å². The van der Waals surface area contributed by atoms with Gasteiger partial charge in [-0.15, -0.1) is 0 Å². The third-order valence-electron chi connectivity index (χ3n) is 2.40. The fourth-order valence-electron chi connectivity index (χ4n) is 1.39. The Morgan fingerprint density at radius 1 is 1.44 bits per heavy atom. The van der Waals surface area contributed by atoms with E-state index in [9.17, 15) is 4.79 Å². The van der Waals surface area contributed by atoms with E-state index >= 15 is 0 Å². The summed E-state index contributed by atoms with van der Waals surface area (Å²) in [5.41, 5.74) is 5.58. The number of rotatable bonds is 5. The van der Waals surface area contributed by atoms with Gasteiger partial charge in [0.25, 0.3) is 0 Å². The second-order valence-electron chi connectivity index (χ2n) is 5.47. The lowest BCUT2D eigenvalue weighted by atomic mass is 9.91. The summed E-state index contributed by atoms with van der Waals surface area (Å²) in [6.07, 6.45) is 0.560. The van der Waals surface area contributed by atoms with Gasteiger partial charge in [0.05, 0.1) is 4.99 Å². The van der Waals surface area contributed by atoms with Crippen molar-refractivity contribution in [2.45, 2.75) is 41.0 Å². The van der Waals surface area contributed by atoms with Crippen LogP contribution in [0, 0.1) is 11.3 Å². The second-order valence-corrected chi connectivity index (χ2v) is 5.94. The Hall–Kier alpha value is -0.640. The van der Waals surface area contributed by atoms with Gasteiger partial charge in [-0.1, -0.05) is 39.9 Å². The van der Waals surface area contributed by atoms with Crippen LogP contribution in [0.25, 0.3) is 0 Å². The lowest BCUT2D eigenvalue weighted by Crippen LogP contribution is -2.39. The molecule has 0 aliphatic rings. The van der Waals surface area contributed by atoms with Crippen molar-refractivity contribution in [2.24, 2.45) is 17.1 Å². The summed E-state index contributed by atoms with van der Waals surface area (Å²) in [6.45, 7) is 11.5. The number of carbonyl (C=O) groups is 1. The molecule has 2 N–H and O–H groups in total. The van der Waals surface area contributed by atoms with Gasteiger partial charge in [0, 0.05) is 25.4 Å². The van der Waals surface area contributed by atoms with E-state index in [1.54, 1.807) is 0 Å². The minimum atomic E-state index is 0.0248. The van der Waals surface area contributed by atoms with Crippen molar-refractivity contribution in [3.8, 4) is 0 Å². The van der Waals surface area contributed by atoms with Gasteiger partial charge in [0.2, 0.25) is 5.91 Å². The van der Waals surface area contributed by atoms with Crippen LogP contribution in [0.5, 0.6) is 0 Å². The maximum Gasteiger partial charge on any atom is 0.223 e. The maximum absolute atomic E-state index is 12.0. The Morgan fingerprint density at radius 3 is 2.25 bits per heavy atom. The molecular formula is C12H24N2OS. The highest BCUT2D eigenvalue weighted by Gasteiger charge is 2.21. The first kappa shape index (κ1) is 15.4. The summed E-state index contributed by atoms with van der Waals surface area (Å²) in [5.74, 6) is 0.261. The second kappa shape index (κ2) is 6.18. The zero-order valence-electron chi connectivity index (χ0n) is 11.0. The van der Waals surface area contributed by atoms with Crippen molar-refractivity contribution in [1.29, 1.82) is 0 Å². The van der Waals surface area contributed by atoms with E-state index in [1.165, 1.54) is 0 Å². The van der Waals surface area contributed by atoms with E-state index in [0.29, 0.717) is 24.5 Å². The van der Waals surface area contributed by atoms with Gasteiger partial charge in [0.1, 0.15) is 0 Å². The molecule has 0 saturated carbocycles. The summed E-state index contributed by atoms with van der Waals surface area (Å²) in [5, 5.41) is 0. The predicted molar refractivity (Wildman–Crippen MR) is 72.3 cm³/mol. The lowest BCUT2D eigenvalue weighted by molar-refractivity contribution is -0.133. The van der Waals surface area contributed by atoms with Crippen molar-refractivity contribution in [1.82, 2.24) is 4.90 Å². The molecule has 0 saturated heterocycles. The van der Waals surface area contributed by atoms with Crippen LogP contribution < -0.4 is 5.73 Å². The molecule has 3 nitrogen and oxygen atoms in total.